The van der Waals surface area contributed by atoms with E-state index in [4.69, 9.17) is 16.3 Å². The van der Waals surface area contributed by atoms with E-state index < -0.39 is 21.8 Å². The van der Waals surface area contributed by atoms with Gasteiger partial charge in [-0.15, -0.1) is 5.10 Å². The third-order valence-electron chi connectivity index (χ3n) is 5.27. The van der Waals surface area contributed by atoms with E-state index in [0.29, 0.717) is 10.9 Å². The number of anilines is 1. The number of amides is 2. The number of rotatable bonds is 7. The van der Waals surface area contributed by atoms with Gasteiger partial charge in [-0.3, -0.25) is 9.59 Å². The van der Waals surface area contributed by atoms with Gasteiger partial charge in [0, 0.05) is 23.7 Å². The Kier molecular flexibility index (Phi) is 6.93. The maximum absolute atomic E-state index is 13.5. The van der Waals surface area contributed by atoms with Gasteiger partial charge in [0.15, 0.2) is 5.82 Å². The fraction of sp³-hybridized carbons (Fsp3) is 0.261. The van der Waals surface area contributed by atoms with Crippen molar-refractivity contribution >= 4 is 50.0 Å². The Hall–Kier alpha value is -3.97. The van der Waals surface area contributed by atoms with Crippen molar-refractivity contribution in [2.24, 2.45) is 0 Å². The number of aromatic nitrogens is 5. The lowest BCUT2D eigenvalue weighted by atomic mass is 10.0. The third kappa shape index (κ3) is 5.13. The van der Waals surface area contributed by atoms with E-state index in [1.807, 2.05) is 0 Å². The Morgan fingerprint density at radius 1 is 1.16 bits per heavy atom. The average molecular weight is 546 g/mol. The molecule has 0 saturated carbocycles. The molecule has 14 heteroatoms. The van der Waals surface area contributed by atoms with Crippen LogP contribution < -0.4 is 15.4 Å². The molecule has 2 N–H and O–H groups in total. The summed E-state index contributed by atoms with van der Waals surface area (Å²) in [5.41, 5.74) is 0.843. The molecule has 0 aliphatic heterocycles. The molecule has 0 aliphatic carbocycles. The molecule has 0 spiro atoms. The van der Waals surface area contributed by atoms with Crippen LogP contribution in [0.15, 0.2) is 36.7 Å². The van der Waals surface area contributed by atoms with Crippen LogP contribution in [0.2, 0.25) is 5.02 Å². The van der Waals surface area contributed by atoms with Crippen LogP contribution in [0.4, 0.5) is 5.69 Å². The van der Waals surface area contributed by atoms with Crippen molar-refractivity contribution in [3.05, 3.63) is 58.5 Å². The molecule has 3 aromatic heterocycles. The normalized spacial score (nSPS) is 11.6. The predicted octanol–water partition coefficient (Wildman–Crippen LogP) is 2.79. The summed E-state index contributed by atoms with van der Waals surface area (Å²) in [6.45, 7) is 5.24. The number of carbonyl (C=O) groups is 2. The third-order valence-corrected chi connectivity index (χ3v) is 6.43. The van der Waals surface area contributed by atoms with E-state index in [1.54, 1.807) is 39.0 Å². The maximum Gasteiger partial charge on any atom is 0.274 e. The monoisotopic (exact) mass is 545 g/mol. The van der Waals surface area contributed by atoms with Gasteiger partial charge < -0.3 is 15.4 Å². The van der Waals surface area contributed by atoms with E-state index in [-0.39, 0.29) is 45.2 Å². The molecule has 3 heterocycles. The molecule has 4 aromatic rings. The highest BCUT2D eigenvalue weighted by atomic mass is 35.5. The molecule has 2 amide bonds. The summed E-state index contributed by atoms with van der Waals surface area (Å²) in [7, 11) is -2.32. The van der Waals surface area contributed by atoms with Gasteiger partial charge in [0.1, 0.15) is 11.2 Å². The second-order valence-electron chi connectivity index (χ2n) is 8.52. The summed E-state index contributed by atoms with van der Waals surface area (Å²) in [4.78, 5) is 31.0. The minimum atomic E-state index is -3.72. The van der Waals surface area contributed by atoms with Gasteiger partial charge in [0.25, 0.3) is 21.8 Å². The Labute approximate surface area is 217 Å². The number of nitrogens with one attached hydrogen (secondary N) is 2. The minimum absolute atomic E-state index is 0.0216. The number of hydrogen-bond acceptors (Lipinski definition) is 8. The molecule has 4 rings (SSSR count). The van der Waals surface area contributed by atoms with E-state index in [9.17, 15) is 18.0 Å². The summed E-state index contributed by atoms with van der Waals surface area (Å²) in [5.74, 6) is -0.823. The molecule has 1 aromatic carbocycles. The number of fused-ring (bicyclic) bond motifs is 1. The van der Waals surface area contributed by atoms with Crippen molar-refractivity contribution in [3.8, 4) is 11.7 Å². The fourth-order valence-electron chi connectivity index (χ4n) is 3.67. The zero-order chi connectivity index (χ0) is 27.1. The van der Waals surface area contributed by atoms with Gasteiger partial charge in [-0.25, -0.2) is 18.1 Å². The van der Waals surface area contributed by atoms with Gasteiger partial charge in [-0.2, -0.15) is 9.19 Å². The Bertz CT molecular complexity index is 1640. The highest BCUT2D eigenvalue weighted by Gasteiger charge is 2.26. The number of halogens is 1. The van der Waals surface area contributed by atoms with Crippen molar-refractivity contribution in [2.75, 3.05) is 18.7 Å². The molecule has 0 bridgehead atoms. The molecular weight excluding hydrogens is 522 g/mol. The maximum atomic E-state index is 13.5. The van der Waals surface area contributed by atoms with Crippen molar-refractivity contribution < 1.29 is 22.7 Å². The summed E-state index contributed by atoms with van der Waals surface area (Å²) < 4.78 is 31.5. The molecule has 0 radical (unpaired) electrons. The number of hydrogen-bond donors (Lipinski definition) is 2. The summed E-state index contributed by atoms with van der Waals surface area (Å²) >= 11 is 6.28. The molecule has 0 aliphatic rings. The lowest BCUT2D eigenvalue weighted by Crippen LogP contribution is -2.31. The number of aryl methyl sites for hydroxylation is 1. The predicted molar refractivity (Wildman–Crippen MR) is 138 cm³/mol. The fourth-order valence-corrected chi connectivity index (χ4v) is 4.40. The number of pyridine rings is 1. The smallest absolute Gasteiger partial charge is 0.274 e. The highest BCUT2D eigenvalue weighted by Crippen LogP contribution is 2.31. The first-order chi connectivity index (χ1) is 17.4. The summed E-state index contributed by atoms with van der Waals surface area (Å²) in [6, 6.07) is 6.05. The number of benzene rings is 1. The van der Waals surface area contributed by atoms with Crippen LogP contribution in [0.5, 0.6) is 5.88 Å². The van der Waals surface area contributed by atoms with Crippen molar-refractivity contribution in [1.29, 1.82) is 0 Å². The van der Waals surface area contributed by atoms with Gasteiger partial charge in [-0.05, 0) is 44.5 Å². The number of nitrogens with zero attached hydrogens (tertiary/aromatic N) is 5. The van der Waals surface area contributed by atoms with E-state index >= 15 is 0 Å². The summed E-state index contributed by atoms with van der Waals surface area (Å²) in [5, 5.41) is 14.6. The Morgan fingerprint density at radius 2 is 1.89 bits per heavy atom. The van der Waals surface area contributed by atoms with Gasteiger partial charge >= 0.3 is 0 Å². The van der Waals surface area contributed by atoms with Crippen LogP contribution in [0, 0.1) is 6.92 Å². The first-order valence-corrected chi connectivity index (χ1v) is 13.2. The lowest BCUT2D eigenvalue weighted by Gasteiger charge is -2.16. The molecule has 0 fully saturated rings. The second-order valence-corrected chi connectivity index (χ2v) is 10.8. The first kappa shape index (κ1) is 26.1. The number of methoxy groups -OCH3 is 1. The zero-order valence-corrected chi connectivity index (χ0v) is 22.2. The number of ether oxygens (including phenoxy) is 1. The van der Waals surface area contributed by atoms with Crippen LogP contribution in [0.1, 0.15) is 40.3 Å². The Balaban J connectivity index is 1.88. The van der Waals surface area contributed by atoms with E-state index in [1.165, 1.54) is 30.3 Å². The summed E-state index contributed by atoms with van der Waals surface area (Å²) in [6.07, 6.45) is 3.82. The van der Waals surface area contributed by atoms with Crippen LogP contribution in [0.25, 0.3) is 16.7 Å². The van der Waals surface area contributed by atoms with Gasteiger partial charge in [-0.1, -0.05) is 11.6 Å². The first-order valence-electron chi connectivity index (χ1n) is 11.0. The molecular formula is C23H24ClN7O5S. The van der Waals surface area contributed by atoms with Crippen LogP contribution in [-0.4, -0.2) is 63.6 Å². The van der Waals surface area contributed by atoms with Crippen LogP contribution in [-0.2, 0) is 10.0 Å². The molecule has 0 atom stereocenters. The quantitative estimate of drug-likeness (QED) is 0.360. The van der Waals surface area contributed by atoms with Crippen LogP contribution in [0.3, 0.4) is 0 Å². The topological polar surface area (TPSA) is 150 Å². The van der Waals surface area contributed by atoms with Gasteiger partial charge in [0.05, 0.1) is 35.8 Å². The van der Waals surface area contributed by atoms with Crippen LogP contribution >= 0.6 is 11.6 Å². The lowest BCUT2D eigenvalue weighted by molar-refractivity contribution is 0.0945. The van der Waals surface area contributed by atoms with Gasteiger partial charge in [0.2, 0.25) is 5.88 Å². The SMILES string of the molecule is COc1cc(C(=O)Nc2c(C)cc3cn(S(C)(=O)=O)nc3c2C(=O)NC(C)C)n(-c2ncccc2Cl)n1. The van der Waals surface area contributed by atoms with Crippen molar-refractivity contribution in [1.82, 2.24) is 29.3 Å². The Morgan fingerprint density at radius 3 is 2.51 bits per heavy atom. The van der Waals surface area contributed by atoms with E-state index in [0.717, 1.165) is 10.3 Å². The zero-order valence-electron chi connectivity index (χ0n) is 20.6. The molecule has 0 saturated heterocycles. The number of carbonyl (C=O) groups excluding carboxylic acids is 2. The minimum Gasteiger partial charge on any atom is -0.480 e. The average Bonchev–Trinajstić information content (AvgIpc) is 3.43. The van der Waals surface area contributed by atoms with E-state index in [2.05, 4.69) is 25.8 Å². The highest BCUT2D eigenvalue weighted by molar-refractivity contribution is 7.89. The standard InChI is InChI=1S/C23H24ClN7O5S/c1-12(2)26-23(33)18-19(13(3)9-14-11-30(29-20(14)18)37(5,34)35)27-22(32)16-10-17(36-4)28-31(16)21-15(24)7-6-8-25-21/h6-12H,1-5H3,(H,26,33)(H,27,32). The molecule has 194 valence electrons. The largest absolute Gasteiger partial charge is 0.480 e. The molecule has 37 heavy (non-hydrogen) atoms. The second kappa shape index (κ2) is 9.82. The van der Waals surface area contributed by atoms with Crippen molar-refractivity contribution in [2.45, 2.75) is 26.8 Å². The van der Waals surface area contributed by atoms with Crippen molar-refractivity contribution in [3.63, 3.8) is 0 Å². The molecule has 12 nitrogen and oxygen atoms in total. The molecule has 0 unspecified atom stereocenters.